The zero-order valence-corrected chi connectivity index (χ0v) is 11.0. The van der Waals surface area contributed by atoms with E-state index in [9.17, 15) is 4.39 Å². The lowest BCUT2D eigenvalue weighted by Crippen LogP contribution is -1.97. The quantitative estimate of drug-likeness (QED) is 0.852. The van der Waals surface area contributed by atoms with Gasteiger partial charge in [-0.25, -0.2) is 4.39 Å². The Morgan fingerprint density at radius 1 is 1.56 bits per heavy atom. The van der Waals surface area contributed by atoms with Crippen LogP contribution in [0, 0.1) is 5.82 Å². The molecular formula is C11H10BrClFNO. The van der Waals surface area contributed by atoms with Crippen molar-refractivity contribution in [3.05, 3.63) is 32.7 Å². The average molecular weight is 307 g/mol. The summed E-state index contributed by atoms with van der Waals surface area (Å²) >= 11 is 9.10. The van der Waals surface area contributed by atoms with Crippen molar-refractivity contribution in [2.75, 3.05) is 0 Å². The van der Waals surface area contributed by atoms with Crippen LogP contribution >= 0.6 is 27.5 Å². The molecule has 2 rings (SSSR count). The van der Waals surface area contributed by atoms with Crippen LogP contribution < -0.4 is 5.73 Å². The molecule has 86 valence electrons. The molecule has 0 amide bonds. The molecule has 0 saturated carbocycles. The number of rotatable bonds is 2. The van der Waals surface area contributed by atoms with E-state index < -0.39 is 5.82 Å². The van der Waals surface area contributed by atoms with Crippen molar-refractivity contribution < 1.29 is 8.81 Å². The van der Waals surface area contributed by atoms with Crippen LogP contribution in [0.3, 0.4) is 0 Å². The predicted octanol–water partition coefficient (Wildman–Crippen LogP) is 4.01. The third-order valence-corrected chi connectivity index (χ3v) is 3.39. The monoisotopic (exact) mass is 305 g/mol. The topological polar surface area (TPSA) is 39.2 Å². The molecule has 0 aliphatic heterocycles. The van der Waals surface area contributed by atoms with Crippen LogP contribution in [0.25, 0.3) is 11.0 Å². The summed E-state index contributed by atoms with van der Waals surface area (Å²) in [6.45, 7) is 2.18. The van der Waals surface area contributed by atoms with Gasteiger partial charge in [0.15, 0.2) is 11.4 Å². The molecule has 1 aromatic heterocycles. The fourth-order valence-electron chi connectivity index (χ4n) is 1.81. The summed E-state index contributed by atoms with van der Waals surface area (Å²) in [6, 6.07) is 1.49. The van der Waals surface area contributed by atoms with E-state index in [1.165, 1.54) is 6.07 Å². The Morgan fingerprint density at radius 3 is 2.81 bits per heavy atom. The normalized spacial score (nSPS) is 11.3. The van der Waals surface area contributed by atoms with Gasteiger partial charge in [-0.1, -0.05) is 18.5 Å². The summed E-state index contributed by atoms with van der Waals surface area (Å²) in [5, 5.41) is 0.515. The summed E-state index contributed by atoms with van der Waals surface area (Å²) in [4.78, 5) is 0. The van der Waals surface area contributed by atoms with E-state index >= 15 is 0 Å². The predicted molar refractivity (Wildman–Crippen MR) is 66.2 cm³/mol. The highest BCUT2D eigenvalue weighted by Crippen LogP contribution is 2.37. The Balaban J connectivity index is 2.92. The Bertz CT molecular complexity index is 553. The third-order valence-electron chi connectivity index (χ3n) is 2.53. The average Bonchev–Trinajstić information content (AvgIpc) is 2.64. The molecule has 1 heterocycles. The van der Waals surface area contributed by atoms with E-state index in [0.29, 0.717) is 27.6 Å². The van der Waals surface area contributed by atoms with Gasteiger partial charge >= 0.3 is 0 Å². The second-order valence-corrected chi connectivity index (χ2v) is 4.68. The number of hydrogen-bond acceptors (Lipinski definition) is 2. The lowest BCUT2D eigenvalue weighted by Gasteiger charge is -2.00. The van der Waals surface area contributed by atoms with Crippen LogP contribution in [-0.4, -0.2) is 0 Å². The van der Waals surface area contributed by atoms with Gasteiger partial charge in [-0.3, -0.25) is 0 Å². The summed E-state index contributed by atoms with van der Waals surface area (Å²) in [7, 11) is 0. The summed E-state index contributed by atoms with van der Waals surface area (Å²) in [6.07, 6.45) is 0.656. The van der Waals surface area contributed by atoms with Crippen molar-refractivity contribution in [1.82, 2.24) is 0 Å². The maximum atomic E-state index is 13.9. The fourth-order valence-corrected chi connectivity index (χ4v) is 2.65. The highest BCUT2D eigenvalue weighted by Gasteiger charge is 2.19. The van der Waals surface area contributed by atoms with Gasteiger partial charge in [0.05, 0.1) is 21.4 Å². The molecule has 0 saturated heterocycles. The molecule has 2 nitrogen and oxygen atoms in total. The summed E-state index contributed by atoms with van der Waals surface area (Å²) in [5.74, 6) is 0.166. The van der Waals surface area contributed by atoms with Crippen LogP contribution in [0.15, 0.2) is 15.0 Å². The zero-order chi connectivity index (χ0) is 11.9. The lowest BCUT2D eigenvalue weighted by atomic mass is 10.1. The van der Waals surface area contributed by atoms with Gasteiger partial charge < -0.3 is 10.2 Å². The standard InChI is InChI=1S/C11H10BrClFNO/c1-2-5-8(4-15)16-11-6(12)3-7(13)10(14)9(5)11/h3H,2,4,15H2,1H3. The van der Waals surface area contributed by atoms with E-state index in [-0.39, 0.29) is 11.6 Å². The molecule has 2 aromatic rings. The number of fused-ring (bicyclic) bond motifs is 1. The van der Waals surface area contributed by atoms with Gasteiger partial charge in [-0.2, -0.15) is 0 Å². The molecule has 0 unspecified atom stereocenters. The largest absolute Gasteiger partial charge is 0.458 e. The second-order valence-electron chi connectivity index (χ2n) is 3.42. The first-order valence-electron chi connectivity index (χ1n) is 4.88. The van der Waals surface area contributed by atoms with Gasteiger partial charge in [-0.05, 0) is 28.4 Å². The van der Waals surface area contributed by atoms with Gasteiger partial charge in [-0.15, -0.1) is 0 Å². The van der Waals surface area contributed by atoms with Gasteiger partial charge in [0, 0.05) is 5.56 Å². The van der Waals surface area contributed by atoms with Crippen molar-refractivity contribution in [2.24, 2.45) is 5.73 Å². The van der Waals surface area contributed by atoms with E-state index in [0.717, 1.165) is 5.56 Å². The maximum absolute atomic E-state index is 13.9. The van der Waals surface area contributed by atoms with E-state index in [2.05, 4.69) is 15.9 Å². The number of furan rings is 1. The van der Waals surface area contributed by atoms with E-state index in [1.54, 1.807) is 0 Å². The number of aryl methyl sites for hydroxylation is 1. The Labute approximate surface area is 106 Å². The fraction of sp³-hybridized carbons (Fsp3) is 0.273. The molecule has 0 aliphatic rings. The first-order chi connectivity index (χ1) is 7.60. The van der Waals surface area contributed by atoms with Gasteiger partial charge in [0.25, 0.3) is 0 Å². The van der Waals surface area contributed by atoms with Crippen LogP contribution in [0.2, 0.25) is 5.02 Å². The minimum atomic E-state index is -0.444. The molecular weight excluding hydrogens is 296 g/mol. The number of nitrogens with two attached hydrogens (primary N) is 1. The van der Waals surface area contributed by atoms with Crippen LogP contribution in [0.5, 0.6) is 0 Å². The molecule has 16 heavy (non-hydrogen) atoms. The summed E-state index contributed by atoms with van der Waals surface area (Å²) < 4.78 is 20.1. The highest BCUT2D eigenvalue weighted by molar-refractivity contribution is 9.10. The van der Waals surface area contributed by atoms with Crippen molar-refractivity contribution >= 4 is 38.5 Å². The lowest BCUT2D eigenvalue weighted by molar-refractivity contribution is 0.544. The first kappa shape index (κ1) is 11.9. The second kappa shape index (κ2) is 4.35. The summed E-state index contributed by atoms with van der Waals surface area (Å²) in [5.41, 5.74) is 6.83. The molecule has 5 heteroatoms. The van der Waals surface area contributed by atoms with Crippen molar-refractivity contribution in [3.8, 4) is 0 Å². The van der Waals surface area contributed by atoms with Gasteiger partial charge in [0.1, 0.15) is 5.76 Å². The molecule has 0 fully saturated rings. The Hall–Kier alpha value is -0.580. The molecule has 0 bridgehead atoms. The van der Waals surface area contributed by atoms with Crippen LogP contribution in [-0.2, 0) is 13.0 Å². The van der Waals surface area contributed by atoms with Crippen molar-refractivity contribution in [2.45, 2.75) is 19.9 Å². The van der Waals surface area contributed by atoms with Gasteiger partial charge in [0.2, 0.25) is 0 Å². The van der Waals surface area contributed by atoms with Crippen LogP contribution in [0.4, 0.5) is 4.39 Å². The molecule has 0 radical (unpaired) electrons. The maximum Gasteiger partial charge on any atom is 0.153 e. The number of halogens is 3. The first-order valence-corrected chi connectivity index (χ1v) is 6.05. The molecule has 0 spiro atoms. The number of benzene rings is 1. The van der Waals surface area contributed by atoms with Crippen molar-refractivity contribution in [3.63, 3.8) is 0 Å². The minimum absolute atomic E-state index is 0.0819. The molecule has 1 aromatic carbocycles. The Morgan fingerprint density at radius 2 is 2.25 bits per heavy atom. The van der Waals surface area contributed by atoms with Crippen molar-refractivity contribution in [1.29, 1.82) is 0 Å². The smallest absolute Gasteiger partial charge is 0.153 e. The molecule has 2 N–H and O–H groups in total. The minimum Gasteiger partial charge on any atom is -0.458 e. The Kier molecular flexibility index (Phi) is 3.24. The SMILES string of the molecule is CCc1c(CN)oc2c(Br)cc(Cl)c(F)c12. The van der Waals surface area contributed by atoms with E-state index in [1.807, 2.05) is 6.92 Å². The highest BCUT2D eigenvalue weighted by atomic mass is 79.9. The van der Waals surface area contributed by atoms with Crippen LogP contribution in [0.1, 0.15) is 18.2 Å². The molecule has 0 aliphatic carbocycles. The molecule has 0 atom stereocenters. The van der Waals surface area contributed by atoms with E-state index in [4.69, 9.17) is 21.8 Å². The third kappa shape index (κ3) is 1.65. The number of hydrogen-bond donors (Lipinski definition) is 1. The zero-order valence-electron chi connectivity index (χ0n) is 8.61.